The molecule has 1 aromatic rings. The van der Waals surface area contributed by atoms with Crippen molar-refractivity contribution >= 4 is 17.7 Å². The molecule has 0 aromatic carbocycles. The summed E-state index contributed by atoms with van der Waals surface area (Å²) in [5, 5.41) is 8.80. The first-order valence-electron chi connectivity index (χ1n) is 7.00. The van der Waals surface area contributed by atoms with Gasteiger partial charge in [0.25, 0.3) is 0 Å². The number of nitrogens with two attached hydrogens (primary N) is 1. The number of rotatable bonds is 4. The first kappa shape index (κ1) is 15.3. The third kappa shape index (κ3) is 3.52. The first-order chi connectivity index (χ1) is 9.51. The number of carbonyl (C=O) groups excluding carboxylic acids is 1. The van der Waals surface area contributed by atoms with Gasteiger partial charge in [-0.1, -0.05) is 25.6 Å². The van der Waals surface area contributed by atoms with Gasteiger partial charge in [-0.3, -0.25) is 4.79 Å². The fourth-order valence-electron chi connectivity index (χ4n) is 2.73. The molecule has 2 atom stereocenters. The van der Waals surface area contributed by atoms with Crippen LogP contribution in [0, 0.1) is 11.8 Å². The zero-order chi connectivity index (χ0) is 14.7. The van der Waals surface area contributed by atoms with E-state index in [-0.39, 0.29) is 5.91 Å². The van der Waals surface area contributed by atoms with Crippen LogP contribution in [-0.4, -0.2) is 44.4 Å². The van der Waals surface area contributed by atoms with Gasteiger partial charge in [-0.05, 0) is 18.3 Å². The number of hydrogen-bond donors (Lipinski definition) is 1. The molecule has 1 aliphatic heterocycles. The number of amides is 1. The molecule has 6 nitrogen and oxygen atoms in total. The van der Waals surface area contributed by atoms with Crippen LogP contribution in [0.5, 0.6) is 0 Å². The summed E-state index contributed by atoms with van der Waals surface area (Å²) in [5.41, 5.74) is 5.56. The summed E-state index contributed by atoms with van der Waals surface area (Å²) in [6.07, 6.45) is 1.21. The molecule has 7 heteroatoms. The second-order valence-corrected chi connectivity index (χ2v) is 6.64. The van der Waals surface area contributed by atoms with E-state index in [0.29, 0.717) is 24.1 Å². The molecule has 1 aliphatic rings. The van der Waals surface area contributed by atoms with Gasteiger partial charge in [0, 0.05) is 20.1 Å². The van der Waals surface area contributed by atoms with E-state index in [2.05, 4.69) is 24.0 Å². The largest absolute Gasteiger partial charge is 0.341 e. The number of hydrogen-bond acceptors (Lipinski definition) is 5. The highest BCUT2D eigenvalue weighted by molar-refractivity contribution is 7.99. The molecule has 1 aromatic heterocycles. The minimum absolute atomic E-state index is 0.186. The number of aromatic nitrogens is 3. The Balaban J connectivity index is 1.90. The van der Waals surface area contributed by atoms with E-state index in [1.165, 1.54) is 18.2 Å². The Bertz CT molecular complexity index is 465. The Hall–Kier alpha value is -1.08. The highest BCUT2D eigenvalue weighted by Gasteiger charge is 2.25. The van der Waals surface area contributed by atoms with Crippen LogP contribution in [0.4, 0.5) is 0 Å². The van der Waals surface area contributed by atoms with Crippen molar-refractivity contribution in [3.8, 4) is 0 Å². The molecule has 2 N–H and O–H groups in total. The van der Waals surface area contributed by atoms with Crippen LogP contribution in [0.2, 0.25) is 0 Å². The minimum Gasteiger partial charge on any atom is -0.341 e. The SMILES string of the molecule is CC1CC(C)CN(C(=O)CSc2nnc(CN)n2C)C1. The van der Waals surface area contributed by atoms with Gasteiger partial charge in [-0.15, -0.1) is 10.2 Å². The zero-order valence-electron chi connectivity index (χ0n) is 12.4. The van der Waals surface area contributed by atoms with Crippen molar-refractivity contribution in [3.63, 3.8) is 0 Å². The van der Waals surface area contributed by atoms with Gasteiger partial charge >= 0.3 is 0 Å². The summed E-state index contributed by atoms with van der Waals surface area (Å²) in [7, 11) is 1.88. The van der Waals surface area contributed by atoms with Crippen molar-refractivity contribution < 1.29 is 4.79 Å². The average Bonchev–Trinajstić information content (AvgIpc) is 2.75. The highest BCUT2D eigenvalue weighted by Crippen LogP contribution is 2.23. The van der Waals surface area contributed by atoms with Crippen molar-refractivity contribution in [2.45, 2.75) is 32.0 Å². The second kappa shape index (κ2) is 6.58. The first-order valence-corrected chi connectivity index (χ1v) is 7.98. The third-order valence-corrected chi connectivity index (χ3v) is 4.66. The maximum Gasteiger partial charge on any atom is 0.233 e. The monoisotopic (exact) mass is 297 g/mol. The van der Waals surface area contributed by atoms with Crippen LogP contribution in [0.25, 0.3) is 0 Å². The lowest BCUT2D eigenvalue weighted by molar-refractivity contribution is -0.130. The molecule has 0 bridgehead atoms. The zero-order valence-corrected chi connectivity index (χ0v) is 13.2. The maximum atomic E-state index is 12.3. The average molecular weight is 297 g/mol. The van der Waals surface area contributed by atoms with E-state index in [1.54, 1.807) is 0 Å². The summed E-state index contributed by atoms with van der Waals surface area (Å²) in [4.78, 5) is 14.3. The Morgan fingerprint density at radius 2 is 2.00 bits per heavy atom. The molecule has 2 heterocycles. The Labute approximate surface area is 124 Å². The predicted octanol–water partition coefficient (Wildman–Crippen LogP) is 0.870. The van der Waals surface area contributed by atoms with Gasteiger partial charge < -0.3 is 15.2 Å². The Morgan fingerprint density at radius 3 is 2.55 bits per heavy atom. The second-order valence-electron chi connectivity index (χ2n) is 5.70. The molecule has 1 saturated heterocycles. The fourth-order valence-corrected chi connectivity index (χ4v) is 3.57. The molecule has 2 rings (SSSR count). The smallest absolute Gasteiger partial charge is 0.233 e. The quantitative estimate of drug-likeness (QED) is 0.835. The molecule has 0 aliphatic carbocycles. The van der Waals surface area contributed by atoms with Crippen molar-refractivity contribution in [3.05, 3.63) is 5.82 Å². The van der Waals surface area contributed by atoms with E-state index < -0.39 is 0 Å². The molecule has 2 unspecified atom stereocenters. The number of likely N-dealkylation sites (tertiary alicyclic amines) is 1. The van der Waals surface area contributed by atoms with Crippen molar-refractivity contribution in [2.24, 2.45) is 24.6 Å². The van der Waals surface area contributed by atoms with Crippen LogP contribution in [0.15, 0.2) is 5.16 Å². The molecular formula is C13H23N5OS. The molecule has 1 amide bonds. The highest BCUT2D eigenvalue weighted by atomic mass is 32.2. The molecule has 0 saturated carbocycles. The van der Waals surface area contributed by atoms with Crippen LogP contribution in [-0.2, 0) is 18.4 Å². The van der Waals surface area contributed by atoms with Crippen molar-refractivity contribution in [1.82, 2.24) is 19.7 Å². The summed E-state index contributed by atoms with van der Waals surface area (Å²) < 4.78 is 1.85. The van der Waals surface area contributed by atoms with E-state index in [1.807, 2.05) is 16.5 Å². The lowest BCUT2D eigenvalue weighted by Gasteiger charge is -2.34. The van der Waals surface area contributed by atoms with Crippen LogP contribution < -0.4 is 5.73 Å². The molecule has 0 radical (unpaired) electrons. The lowest BCUT2D eigenvalue weighted by atomic mass is 9.92. The maximum absolute atomic E-state index is 12.3. The lowest BCUT2D eigenvalue weighted by Crippen LogP contribution is -2.43. The number of thioether (sulfide) groups is 1. The standard InChI is InChI=1S/C13H23N5OS/c1-9-4-10(2)7-18(6-9)12(19)8-20-13-16-15-11(5-14)17(13)3/h9-10H,4-8,14H2,1-3H3. The summed E-state index contributed by atoms with van der Waals surface area (Å²) in [6.45, 7) is 6.52. The van der Waals surface area contributed by atoms with Gasteiger partial charge in [0.1, 0.15) is 5.82 Å². The summed E-state index contributed by atoms with van der Waals surface area (Å²) in [6, 6.07) is 0. The summed E-state index contributed by atoms with van der Waals surface area (Å²) in [5.74, 6) is 2.51. The normalized spacial score (nSPS) is 23.1. The molecule has 1 fully saturated rings. The number of piperidine rings is 1. The van der Waals surface area contributed by atoms with E-state index in [0.717, 1.165) is 24.1 Å². The van der Waals surface area contributed by atoms with E-state index in [9.17, 15) is 4.79 Å². The van der Waals surface area contributed by atoms with Gasteiger partial charge in [0.2, 0.25) is 5.91 Å². The Kier molecular flexibility index (Phi) is 5.04. The van der Waals surface area contributed by atoms with Crippen molar-refractivity contribution in [1.29, 1.82) is 0 Å². The number of carbonyl (C=O) groups is 1. The topological polar surface area (TPSA) is 77.0 Å². The molecular weight excluding hydrogens is 274 g/mol. The molecule has 20 heavy (non-hydrogen) atoms. The van der Waals surface area contributed by atoms with Crippen LogP contribution in [0.1, 0.15) is 26.1 Å². The van der Waals surface area contributed by atoms with E-state index in [4.69, 9.17) is 5.73 Å². The third-order valence-electron chi connectivity index (χ3n) is 3.65. The van der Waals surface area contributed by atoms with Gasteiger partial charge in [-0.25, -0.2) is 0 Å². The van der Waals surface area contributed by atoms with Crippen molar-refractivity contribution in [2.75, 3.05) is 18.8 Å². The minimum atomic E-state index is 0.186. The Morgan fingerprint density at radius 1 is 1.35 bits per heavy atom. The van der Waals surface area contributed by atoms with Crippen LogP contribution >= 0.6 is 11.8 Å². The molecule has 0 spiro atoms. The van der Waals surface area contributed by atoms with Gasteiger partial charge in [0.15, 0.2) is 5.16 Å². The summed E-state index contributed by atoms with van der Waals surface area (Å²) >= 11 is 1.43. The predicted molar refractivity (Wildman–Crippen MR) is 79.1 cm³/mol. The number of nitrogens with zero attached hydrogens (tertiary/aromatic N) is 4. The van der Waals surface area contributed by atoms with E-state index >= 15 is 0 Å². The van der Waals surface area contributed by atoms with Gasteiger partial charge in [-0.2, -0.15) is 0 Å². The van der Waals surface area contributed by atoms with Crippen LogP contribution in [0.3, 0.4) is 0 Å². The fraction of sp³-hybridized carbons (Fsp3) is 0.769. The molecule has 112 valence electrons. The van der Waals surface area contributed by atoms with Gasteiger partial charge in [0.05, 0.1) is 12.3 Å².